The standard InChI is InChI=1S/C26H30N2O5S/c1-4-33-26(30)21-10-7-8-16-27(21)25(29)15-13-19-12-14-24(22(17-19)28(31)32)34-23-11-6-5-9-20(23)18(2)3/h5-6,9,11-15,17-18,21H,4,7-8,10,16H2,1-3H3/b15-13+. The van der Waals surface area contributed by atoms with Gasteiger partial charge in [0.2, 0.25) is 5.91 Å². The van der Waals surface area contributed by atoms with Crippen LogP contribution in [0.1, 0.15) is 57.1 Å². The molecule has 0 aromatic heterocycles. The summed E-state index contributed by atoms with van der Waals surface area (Å²) in [7, 11) is 0. The van der Waals surface area contributed by atoms with Gasteiger partial charge in [-0.25, -0.2) is 4.79 Å². The Morgan fingerprint density at radius 3 is 2.68 bits per heavy atom. The molecule has 34 heavy (non-hydrogen) atoms. The van der Waals surface area contributed by atoms with E-state index in [0.717, 1.165) is 23.3 Å². The second-order valence-corrected chi connectivity index (χ2v) is 9.49. The van der Waals surface area contributed by atoms with Crippen molar-refractivity contribution in [1.82, 2.24) is 4.90 Å². The zero-order valence-corrected chi connectivity index (χ0v) is 20.5. The number of nitrogens with zero attached hydrogens (tertiary/aromatic N) is 2. The number of hydrogen-bond acceptors (Lipinski definition) is 6. The second kappa shape index (κ2) is 11.8. The number of likely N-dealkylation sites (tertiary alicyclic amines) is 1. The first kappa shape index (κ1) is 25.5. The summed E-state index contributed by atoms with van der Waals surface area (Å²) in [5.41, 5.74) is 1.67. The number of amides is 1. The Balaban J connectivity index is 1.80. The molecule has 0 spiro atoms. The lowest BCUT2D eigenvalue weighted by Gasteiger charge is -2.33. The zero-order chi connectivity index (χ0) is 24.7. The van der Waals surface area contributed by atoms with Gasteiger partial charge in [0.15, 0.2) is 0 Å². The molecule has 0 radical (unpaired) electrons. The summed E-state index contributed by atoms with van der Waals surface area (Å²) in [4.78, 5) is 39.5. The quantitative estimate of drug-likeness (QED) is 0.204. The number of ether oxygens (including phenoxy) is 1. The molecule has 8 heteroatoms. The number of piperidine rings is 1. The first-order valence-corrected chi connectivity index (χ1v) is 12.3. The highest BCUT2D eigenvalue weighted by Gasteiger charge is 2.32. The summed E-state index contributed by atoms with van der Waals surface area (Å²) in [5.74, 6) is -0.392. The largest absolute Gasteiger partial charge is 0.464 e. The molecule has 0 N–H and O–H groups in total. The van der Waals surface area contributed by atoms with Gasteiger partial charge in [0, 0.05) is 23.6 Å². The van der Waals surface area contributed by atoms with Crippen molar-refractivity contribution in [3.63, 3.8) is 0 Å². The number of carbonyl (C=O) groups excluding carboxylic acids is 2. The van der Waals surface area contributed by atoms with Crippen molar-refractivity contribution < 1.29 is 19.2 Å². The molecule has 2 aromatic rings. The lowest BCUT2D eigenvalue weighted by Crippen LogP contribution is -2.48. The van der Waals surface area contributed by atoms with Gasteiger partial charge >= 0.3 is 5.97 Å². The number of carbonyl (C=O) groups is 2. The Bertz CT molecular complexity index is 1080. The van der Waals surface area contributed by atoms with Crippen molar-refractivity contribution in [2.24, 2.45) is 0 Å². The fraction of sp³-hybridized carbons (Fsp3) is 0.385. The van der Waals surface area contributed by atoms with Gasteiger partial charge in [0.25, 0.3) is 5.69 Å². The fourth-order valence-corrected chi connectivity index (χ4v) is 5.16. The molecule has 1 atom stereocenters. The van der Waals surface area contributed by atoms with E-state index in [1.54, 1.807) is 25.1 Å². The Morgan fingerprint density at radius 1 is 1.21 bits per heavy atom. The zero-order valence-electron chi connectivity index (χ0n) is 19.7. The van der Waals surface area contributed by atoms with Crippen molar-refractivity contribution in [1.29, 1.82) is 0 Å². The van der Waals surface area contributed by atoms with Crippen LogP contribution in [0.5, 0.6) is 0 Å². The third kappa shape index (κ3) is 6.26. The highest BCUT2D eigenvalue weighted by molar-refractivity contribution is 7.99. The predicted molar refractivity (Wildman–Crippen MR) is 133 cm³/mol. The number of esters is 1. The molecule has 1 saturated heterocycles. The first-order chi connectivity index (χ1) is 16.3. The van der Waals surface area contributed by atoms with Gasteiger partial charge in [0.05, 0.1) is 16.4 Å². The lowest BCUT2D eigenvalue weighted by molar-refractivity contribution is -0.387. The van der Waals surface area contributed by atoms with Crippen molar-refractivity contribution in [3.8, 4) is 0 Å². The van der Waals surface area contributed by atoms with E-state index in [0.29, 0.717) is 29.3 Å². The van der Waals surface area contributed by atoms with Crippen LogP contribution in [-0.2, 0) is 14.3 Å². The van der Waals surface area contributed by atoms with E-state index < -0.39 is 11.0 Å². The van der Waals surface area contributed by atoms with E-state index in [9.17, 15) is 19.7 Å². The normalized spacial score (nSPS) is 16.1. The van der Waals surface area contributed by atoms with Crippen LogP contribution in [0.3, 0.4) is 0 Å². The molecule has 3 rings (SSSR count). The highest BCUT2D eigenvalue weighted by Crippen LogP contribution is 2.39. The van der Waals surface area contributed by atoms with Crippen LogP contribution in [0.2, 0.25) is 0 Å². The van der Waals surface area contributed by atoms with Crippen molar-refractivity contribution >= 4 is 35.4 Å². The first-order valence-electron chi connectivity index (χ1n) is 11.5. The van der Waals surface area contributed by atoms with Gasteiger partial charge < -0.3 is 9.64 Å². The molecular weight excluding hydrogens is 452 g/mol. The molecule has 2 aromatic carbocycles. The molecule has 1 unspecified atom stereocenters. The summed E-state index contributed by atoms with van der Waals surface area (Å²) in [6, 6.07) is 12.3. The minimum absolute atomic E-state index is 0.0134. The van der Waals surface area contributed by atoms with Crippen molar-refractivity contribution in [2.45, 2.75) is 61.8 Å². The molecule has 0 bridgehead atoms. The van der Waals surface area contributed by atoms with E-state index in [1.807, 2.05) is 24.3 Å². The third-order valence-electron chi connectivity index (χ3n) is 5.70. The Hall–Kier alpha value is -3.13. The maximum absolute atomic E-state index is 12.8. The van der Waals surface area contributed by atoms with Gasteiger partial charge in [-0.2, -0.15) is 0 Å². The van der Waals surface area contributed by atoms with Crippen LogP contribution < -0.4 is 0 Å². The van der Waals surface area contributed by atoms with Crippen LogP contribution in [0.4, 0.5) is 5.69 Å². The second-order valence-electron chi connectivity index (χ2n) is 8.41. The number of nitro benzene ring substituents is 1. The summed E-state index contributed by atoms with van der Waals surface area (Å²) in [6.07, 6.45) is 5.20. The molecule has 7 nitrogen and oxygen atoms in total. The van der Waals surface area contributed by atoms with Crippen LogP contribution in [0.25, 0.3) is 6.08 Å². The highest BCUT2D eigenvalue weighted by atomic mass is 32.2. The summed E-state index contributed by atoms with van der Waals surface area (Å²) in [6.45, 7) is 6.67. The van der Waals surface area contributed by atoms with E-state index in [4.69, 9.17) is 4.74 Å². The molecule has 1 aliphatic heterocycles. The van der Waals surface area contributed by atoms with Crippen LogP contribution in [-0.4, -0.2) is 40.9 Å². The molecule has 0 aliphatic carbocycles. The van der Waals surface area contributed by atoms with Gasteiger partial charge in [-0.05, 0) is 61.4 Å². The van der Waals surface area contributed by atoms with Crippen molar-refractivity contribution in [2.75, 3.05) is 13.2 Å². The number of nitro groups is 1. The topological polar surface area (TPSA) is 89.8 Å². The number of benzene rings is 2. The molecule has 180 valence electrons. The van der Waals surface area contributed by atoms with Crippen LogP contribution in [0.15, 0.2) is 58.3 Å². The molecule has 1 aliphatic rings. The van der Waals surface area contributed by atoms with Gasteiger partial charge in [-0.3, -0.25) is 14.9 Å². The van der Waals surface area contributed by atoms with Gasteiger partial charge in [-0.1, -0.05) is 49.9 Å². The van der Waals surface area contributed by atoms with Crippen molar-refractivity contribution in [3.05, 3.63) is 69.8 Å². The lowest BCUT2D eigenvalue weighted by atomic mass is 10.0. The van der Waals surface area contributed by atoms with E-state index in [-0.39, 0.29) is 24.2 Å². The summed E-state index contributed by atoms with van der Waals surface area (Å²) >= 11 is 1.37. The molecule has 0 saturated carbocycles. The third-order valence-corrected chi connectivity index (χ3v) is 6.86. The van der Waals surface area contributed by atoms with Crippen LogP contribution >= 0.6 is 11.8 Å². The minimum Gasteiger partial charge on any atom is -0.464 e. The Morgan fingerprint density at radius 2 is 1.97 bits per heavy atom. The molecular formula is C26H30N2O5S. The molecule has 1 fully saturated rings. The van der Waals surface area contributed by atoms with E-state index in [2.05, 4.69) is 13.8 Å². The monoisotopic (exact) mass is 482 g/mol. The SMILES string of the molecule is CCOC(=O)C1CCCCN1C(=O)/C=C/c1ccc(Sc2ccccc2C(C)C)c([N+](=O)[O-])c1. The average Bonchev–Trinajstić information content (AvgIpc) is 2.83. The Kier molecular flexibility index (Phi) is 8.87. The number of hydrogen-bond donors (Lipinski definition) is 0. The maximum Gasteiger partial charge on any atom is 0.328 e. The Labute approximate surface area is 204 Å². The molecule has 1 heterocycles. The smallest absolute Gasteiger partial charge is 0.328 e. The summed E-state index contributed by atoms with van der Waals surface area (Å²) in [5, 5.41) is 11.8. The van der Waals surface area contributed by atoms with Gasteiger partial charge in [-0.15, -0.1) is 0 Å². The number of rotatable bonds is 8. The van der Waals surface area contributed by atoms with Gasteiger partial charge in [0.1, 0.15) is 6.04 Å². The average molecular weight is 483 g/mol. The van der Waals surface area contributed by atoms with E-state index >= 15 is 0 Å². The maximum atomic E-state index is 12.8. The van der Waals surface area contributed by atoms with E-state index in [1.165, 1.54) is 28.8 Å². The predicted octanol–water partition coefficient (Wildman–Crippen LogP) is 5.83. The minimum atomic E-state index is -0.583. The van der Waals surface area contributed by atoms with Crippen LogP contribution in [0, 0.1) is 10.1 Å². The fourth-order valence-electron chi connectivity index (χ4n) is 3.98. The molecule has 1 amide bonds. The summed E-state index contributed by atoms with van der Waals surface area (Å²) < 4.78 is 5.12.